The van der Waals surface area contributed by atoms with E-state index in [0.717, 1.165) is 23.1 Å². The summed E-state index contributed by atoms with van der Waals surface area (Å²) in [5, 5.41) is 18.1. The minimum Gasteiger partial charge on any atom is -0.302 e. The number of carbonyl (C=O) groups excluding carboxylic acids is 1. The summed E-state index contributed by atoms with van der Waals surface area (Å²) in [6.45, 7) is 4.81. The van der Waals surface area contributed by atoms with Gasteiger partial charge in [0.15, 0.2) is 16.8 Å². The average Bonchev–Trinajstić information content (AvgIpc) is 3.09. The molecule has 0 bridgehead atoms. The summed E-state index contributed by atoms with van der Waals surface area (Å²) < 4.78 is 2.02. The molecule has 0 aliphatic heterocycles. The Morgan fingerprint density at radius 2 is 1.96 bits per heavy atom. The molecule has 1 heterocycles. The molecule has 1 aromatic heterocycles. The van der Waals surface area contributed by atoms with Gasteiger partial charge in [0.25, 0.3) is 0 Å². The van der Waals surface area contributed by atoms with Gasteiger partial charge in [0, 0.05) is 17.7 Å². The standard InChI is InChI=1S/C20H18N4OS/c1-3-24-19(17-6-4-5-14(2)11-17)22-23-20(24)26-13-18(25)16-9-7-15(12-21)8-10-16/h4-11H,3,13H2,1-2H3. The summed E-state index contributed by atoms with van der Waals surface area (Å²) in [5.41, 5.74) is 3.32. The molecule has 0 saturated carbocycles. The van der Waals surface area contributed by atoms with Crippen LogP contribution in [0.25, 0.3) is 11.4 Å². The maximum absolute atomic E-state index is 12.4. The highest BCUT2D eigenvalue weighted by Gasteiger charge is 2.15. The Labute approximate surface area is 156 Å². The van der Waals surface area contributed by atoms with Crippen molar-refractivity contribution >= 4 is 17.5 Å². The molecule has 0 aliphatic carbocycles. The first kappa shape index (κ1) is 17.9. The van der Waals surface area contributed by atoms with E-state index in [0.29, 0.717) is 11.1 Å². The van der Waals surface area contributed by atoms with Gasteiger partial charge in [-0.3, -0.25) is 4.79 Å². The number of thioether (sulfide) groups is 1. The number of aromatic nitrogens is 3. The van der Waals surface area contributed by atoms with Crippen LogP contribution in [0.1, 0.15) is 28.4 Å². The highest BCUT2D eigenvalue weighted by molar-refractivity contribution is 7.99. The fourth-order valence-electron chi connectivity index (χ4n) is 2.62. The van der Waals surface area contributed by atoms with Gasteiger partial charge < -0.3 is 4.57 Å². The second-order valence-electron chi connectivity index (χ2n) is 5.82. The molecule has 0 unspecified atom stereocenters. The number of nitrogens with zero attached hydrogens (tertiary/aromatic N) is 4. The molecule has 0 N–H and O–H groups in total. The lowest BCUT2D eigenvalue weighted by molar-refractivity contribution is 0.102. The lowest BCUT2D eigenvalue weighted by atomic mass is 10.1. The van der Waals surface area contributed by atoms with Gasteiger partial charge in [0.1, 0.15) is 0 Å². The number of benzene rings is 2. The van der Waals surface area contributed by atoms with Crippen LogP contribution in [0.2, 0.25) is 0 Å². The molecule has 5 nitrogen and oxygen atoms in total. The molecule has 0 radical (unpaired) electrons. The molecular formula is C20H18N4OS. The fraction of sp³-hybridized carbons (Fsp3) is 0.200. The summed E-state index contributed by atoms with van der Waals surface area (Å²) >= 11 is 1.38. The third-order valence-electron chi connectivity index (χ3n) is 3.98. The smallest absolute Gasteiger partial charge is 0.191 e. The minimum absolute atomic E-state index is 0.00208. The SMILES string of the molecule is CCn1c(SCC(=O)c2ccc(C#N)cc2)nnc1-c1cccc(C)c1. The number of carbonyl (C=O) groups is 1. The molecule has 6 heteroatoms. The Kier molecular flexibility index (Phi) is 5.49. The number of Topliss-reactive ketones (excluding diaryl/α,β-unsaturated/α-hetero) is 1. The zero-order valence-corrected chi connectivity index (χ0v) is 15.5. The van der Waals surface area contributed by atoms with E-state index in [1.165, 1.54) is 17.3 Å². The van der Waals surface area contributed by atoms with E-state index >= 15 is 0 Å². The molecule has 0 spiro atoms. The van der Waals surface area contributed by atoms with E-state index in [-0.39, 0.29) is 11.5 Å². The van der Waals surface area contributed by atoms with Crippen LogP contribution in [0.3, 0.4) is 0 Å². The van der Waals surface area contributed by atoms with Gasteiger partial charge in [-0.15, -0.1) is 10.2 Å². The van der Waals surface area contributed by atoms with Crippen LogP contribution in [0, 0.1) is 18.3 Å². The van der Waals surface area contributed by atoms with Gasteiger partial charge in [-0.05, 0) is 32.0 Å². The first-order valence-electron chi connectivity index (χ1n) is 8.28. The number of ketones is 1. The van der Waals surface area contributed by atoms with Crippen molar-refractivity contribution in [1.29, 1.82) is 5.26 Å². The molecule has 0 amide bonds. The molecule has 130 valence electrons. The molecule has 0 atom stereocenters. The van der Waals surface area contributed by atoms with Crippen molar-refractivity contribution in [3.63, 3.8) is 0 Å². The summed E-state index contributed by atoms with van der Waals surface area (Å²) in [4.78, 5) is 12.4. The van der Waals surface area contributed by atoms with E-state index in [1.54, 1.807) is 24.3 Å². The van der Waals surface area contributed by atoms with Gasteiger partial charge in [-0.2, -0.15) is 5.26 Å². The topological polar surface area (TPSA) is 71.6 Å². The van der Waals surface area contributed by atoms with E-state index in [4.69, 9.17) is 5.26 Å². The Morgan fingerprint density at radius 3 is 2.62 bits per heavy atom. The Hall–Kier alpha value is -2.91. The number of aryl methyl sites for hydroxylation is 1. The van der Waals surface area contributed by atoms with Gasteiger partial charge in [0.2, 0.25) is 0 Å². The predicted molar refractivity (Wildman–Crippen MR) is 102 cm³/mol. The molecule has 2 aromatic carbocycles. The largest absolute Gasteiger partial charge is 0.302 e. The number of hydrogen-bond donors (Lipinski definition) is 0. The van der Waals surface area contributed by atoms with Crippen LogP contribution in [0.15, 0.2) is 53.7 Å². The Bertz CT molecular complexity index is 970. The average molecular weight is 362 g/mol. The normalized spacial score (nSPS) is 10.5. The van der Waals surface area contributed by atoms with Crippen molar-refractivity contribution < 1.29 is 4.79 Å². The second-order valence-corrected chi connectivity index (χ2v) is 6.76. The Balaban J connectivity index is 1.76. The maximum Gasteiger partial charge on any atom is 0.191 e. The van der Waals surface area contributed by atoms with Gasteiger partial charge in [0.05, 0.1) is 17.4 Å². The zero-order valence-electron chi connectivity index (χ0n) is 14.6. The summed E-state index contributed by atoms with van der Waals surface area (Å²) in [7, 11) is 0. The van der Waals surface area contributed by atoms with Crippen LogP contribution in [-0.2, 0) is 6.54 Å². The first-order chi connectivity index (χ1) is 12.6. The van der Waals surface area contributed by atoms with Crippen LogP contribution in [0.5, 0.6) is 0 Å². The quantitative estimate of drug-likeness (QED) is 0.487. The monoisotopic (exact) mass is 362 g/mol. The van der Waals surface area contributed by atoms with E-state index in [9.17, 15) is 4.79 Å². The first-order valence-corrected chi connectivity index (χ1v) is 9.27. The van der Waals surface area contributed by atoms with Crippen LogP contribution in [-0.4, -0.2) is 26.3 Å². The summed E-state index contributed by atoms with van der Waals surface area (Å²) in [5.74, 6) is 1.09. The maximum atomic E-state index is 12.4. The van der Waals surface area contributed by atoms with Gasteiger partial charge in [-0.25, -0.2) is 0 Å². The third-order valence-corrected chi connectivity index (χ3v) is 4.94. The van der Waals surface area contributed by atoms with Crippen molar-refractivity contribution in [1.82, 2.24) is 14.8 Å². The van der Waals surface area contributed by atoms with Crippen LogP contribution < -0.4 is 0 Å². The highest BCUT2D eigenvalue weighted by atomic mass is 32.2. The lowest BCUT2D eigenvalue weighted by Crippen LogP contribution is -2.05. The fourth-order valence-corrected chi connectivity index (χ4v) is 3.52. The molecule has 0 aliphatic rings. The Morgan fingerprint density at radius 1 is 1.19 bits per heavy atom. The van der Waals surface area contributed by atoms with Gasteiger partial charge >= 0.3 is 0 Å². The predicted octanol–water partition coefficient (Wildman–Crippen LogP) is 4.12. The summed E-state index contributed by atoms with van der Waals surface area (Å²) in [6, 6.07) is 16.9. The van der Waals surface area contributed by atoms with E-state index in [1.807, 2.05) is 36.6 Å². The molecule has 26 heavy (non-hydrogen) atoms. The van der Waals surface area contributed by atoms with E-state index < -0.39 is 0 Å². The van der Waals surface area contributed by atoms with Crippen LogP contribution >= 0.6 is 11.8 Å². The minimum atomic E-state index is 0.00208. The second kappa shape index (κ2) is 7.98. The van der Waals surface area contributed by atoms with Crippen molar-refractivity contribution in [3.8, 4) is 17.5 Å². The zero-order chi connectivity index (χ0) is 18.5. The number of nitriles is 1. The number of hydrogen-bond acceptors (Lipinski definition) is 5. The van der Waals surface area contributed by atoms with Crippen molar-refractivity contribution in [3.05, 3.63) is 65.2 Å². The van der Waals surface area contributed by atoms with Crippen molar-refractivity contribution in [2.45, 2.75) is 25.5 Å². The number of rotatable bonds is 6. The van der Waals surface area contributed by atoms with E-state index in [2.05, 4.69) is 22.3 Å². The van der Waals surface area contributed by atoms with Crippen LogP contribution in [0.4, 0.5) is 0 Å². The van der Waals surface area contributed by atoms with Gasteiger partial charge in [-0.1, -0.05) is 47.7 Å². The summed E-state index contributed by atoms with van der Waals surface area (Å²) in [6.07, 6.45) is 0. The molecule has 3 rings (SSSR count). The lowest BCUT2D eigenvalue weighted by Gasteiger charge is -2.07. The molecule has 3 aromatic rings. The molecule has 0 fully saturated rings. The van der Waals surface area contributed by atoms with Crippen molar-refractivity contribution in [2.75, 3.05) is 5.75 Å². The highest BCUT2D eigenvalue weighted by Crippen LogP contribution is 2.25. The third kappa shape index (κ3) is 3.84. The molecular weight excluding hydrogens is 344 g/mol. The van der Waals surface area contributed by atoms with Crippen molar-refractivity contribution in [2.24, 2.45) is 0 Å². The molecule has 0 saturated heterocycles.